The molecule has 0 aromatic heterocycles. The lowest BCUT2D eigenvalue weighted by atomic mass is 9.87. The van der Waals surface area contributed by atoms with Gasteiger partial charge < -0.3 is 8.92 Å². The standard InChI is InChI=1S/C21H28O4S/c1-5-26(23)25-18-11-17(10-16-6-7-24-12-16)21(22)20(18)19-14(3)8-13(2)9-15(19)4/h8-9,16-17H,5-7,10-12H2,1-4H3. The molecule has 4 nitrogen and oxygen atoms in total. The minimum Gasteiger partial charge on any atom is -0.404 e. The number of ketones is 1. The Morgan fingerprint density at radius 1 is 1.23 bits per heavy atom. The van der Waals surface area contributed by atoms with Crippen LogP contribution in [-0.2, 0) is 24.8 Å². The van der Waals surface area contributed by atoms with Crippen molar-refractivity contribution in [1.82, 2.24) is 0 Å². The number of hydrogen-bond acceptors (Lipinski definition) is 4. The third kappa shape index (κ3) is 3.94. The van der Waals surface area contributed by atoms with E-state index in [0.29, 0.717) is 29.4 Å². The van der Waals surface area contributed by atoms with Crippen LogP contribution in [-0.4, -0.2) is 29.0 Å². The summed E-state index contributed by atoms with van der Waals surface area (Å²) in [4.78, 5) is 13.3. The van der Waals surface area contributed by atoms with Crippen molar-refractivity contribution >= 4 is 22.4 Å². The molecule has 1 saturated heterocycles. The van der Waals surface area contributed by atoms with Crippen molar-refractivity contribution in [3.8, 4) is 0 Å². The van der Waals surface area contributed by atoms with E-state index >= 15 is 0 Å². The van der Waals surface area contributed by atoms with Crippen LogP contribution in [0.3, 0.4) is 0 Å². The van der Waals surface area contributed by atoms with Crippen LogP contribution in [0.25, 0.3) is 5.57 Å². The first-order valence-corrected chi connectivity index (χ1v) is 10.6. The topological polar surface area (TPSA) is 52.6 Å². The van der Waals surface area contributed by atoms with Gasteiger partial charge in [-0.15, -0.1) is 0 Å². The van der Waals surface area contributed by atoms with E-state index < -0.39 is 11.1 Å². The van der Waals surface area contributed by atoms with Gasteiger partial charge in [0.25, 0.3) is 0 Å². The van der Waals surface area contributed by atoms with Gasteiger partial charge >= 0.3 is 0 Å². The molecule has 1 heterocycles. The molecule has 0 N–H and O–H groups in total. The average Bonchev–Trinajstić information content (AvgIpc) is 3.18. The van der Waals surface area contributed by atoms with E-state index in [0.717, 1.165) is 42.7 Å². The first-order chi connectivity index (χ1) is 12.4. The van der Waals surface area contributed by atoms with E-state index in [1.807, 2.05) is 20.8 Å². The lowest BCUT2D eigenvalue weighted by molar-refractivity contribution is -0.117. The quantitative estimate of drug-likeness (QED) is 0.752. The van der Waals surface area contributed by atoms with E-state index in [2.05, 4.69) is 19.1 Å². The second-order valence-corrected chi connectivity index (χ2v) is 8.83. The van der Waals surface area contributed by atoms with E-state index in [-0.39, 0.29) is 11.7 Å². The highest BCUT2D eigenvalue weighted by atomic mass is 32.2. The number of carbonyl (C=O) groups excluding carboxylic acids is 1. The molecule has 1 fully saturated rings. The molecule has 5 heteroatoms. The lowest BCUT2D eigenvalue weighted by Crippen LogP contribution is -2.15. The number of ether oxygens (including phenoxy) is 1. The fourth-order valence-electron chi connectivity index (χ4n) is 4.21. The molecule has 0 saturated carbocycles. The molecule has 2 aliphatic rings. The molecule has 3 unspecified atom stereocenters. The molecule has 3 rings (SSSR count). The Morgan fingerprint density at radius 2 is 1.92 bits per heavy atom. The summed E-state index contributed by atoms with van der Waals surface area (Å²) in [5.41, 5.74) is 4.91. The van der Waals surface area contributed by atoms with Crippen LogP contribution >= 0.6 is 0 Å². The molecule has 0 spiro atoms. The molecule has 26 heavy (non-hydrogen) atoms. The van der Waals surface area contributed by atoms with Crippen molar-refractivity contribution < 1.29 is 17.9 Å². The summed E-state index contributed by atoms with van der Waals surface area (Å²) in [6.45, 7) is 9.46. The van der Waals surface area contributed by atoms with E-state index in [4.69, 9.17) is 8.92 Å². The van der Waals surface area contributed by atoms with Crippen molar-refractivity contribution in [3.63, 3.8) is 0 Å². The zero-order chi connectivity index (χ0) is 18.8. The van der Waals surface area contributed by atoms with Gasteiger partial charge in [0.15, 0.2) is 5.78 Å². The van der Waals surface area contributed by atoms with Crippen LogP contribution in [0.15, 0.2) is 17.9 Å². The molecular weight excluding hydrogens is 348 g/mol. The van der Waals surface area contributed by atoms with E-state index in [1.165, 1.54) is 5.56 Å². The lowest BCUT2D eigenvalue weighted by Gasteiger charge is -2.15. The molecule has 1 aliphatic heterocycles. The molecule has 142 valence electrons. The Morgan fingerprint density at radius 3 is 2.50 bits per heavy atom. The van der Waals surface area contributed by atoms with Gasteiger partial charge in [0.2, 0.25) is 11.1 Å². The largest absolute Gasteiger partial charge is 0.404 e. The SMILES string of the molecule is CCS(=O)OC1=C(c2c(C)cc(C)cc2C)C(=O)C(CC2CCOC2)C1. The number of aryl methyl sites for hydroxylation is 3. The van der Waals surface area contributed by atoms with Gasteiger partial charge in [0, 0.05) is 25.6 Å². The number of Topliss-reactive ketones (excluding diaryl/α,β-unsaturated/α-hetero) is 1. The van der Waals surface area contributed by atoms with E-state index in [1.54, 1.807) is 0 Å². The average molecular weight is 377 g/mol. The summed E-state index contributed by atoms with van der Waals surface area (Å²) >= 11 is -1.40. The molecule has 0 bridgehead atoms. The van der Waals surface area contributed by atoms with Crippen molar-refractivity contribution in [3.05, 3.63) is 40.1 Å². The predicted molar refractivity (Wildman–Crippen MR) is 104 cm³/mol. The molecule has 0 amide bonds. The smallest absolute Gasteiger partial charge is 0.205 e. The molecule has 1 aromatic carbocycles. The fraction of sp³-hybridized carbons (Fsp3) is 0.571. The van der Waals surface area contributed by atoms with Crippen LogP contribution in [0, 0.1) is 32.6 Å². The maximum atomic E-state index is 13.3. The fourth-order valence-corrected chi connectivity index (χ4v) is 4.70. The Labute approximate surface area is 158 Å². The van der Waals surface area contributed by atoms with Crippen LogP contribution in [0.2, 0.25) is 0 Å². The van der Waals surface area contributed by atoms with Gasteiger partial charge in [-0.3, -0.25) is 4.79 Å². The van der Waals surface area contributed by atoms with Crippen LogP contribution in [0.1, 0.15) is 48.4 Å². The summed E-state index contributed by atoms with van der Waals surface area (Å²) in [6, 6.07) is 4.18. The minimum atomic E-state index is -1.40. The zero-order valence-electron chi connectivity index (χ0n) is 16.1. The Balaban J connectivity index is 1.97. The first kappa shape index (κ1) is 19.3. The number of carbonyl (C=O) groups is 1. The summed E-state index contributed by atoms with van der Waals surface area (Å²) in [6.07, 6.45) is 2.37. The highest BCUT2D eigenvalue weighted by molar-refractivity contribution is 7.80. The maximum Gasteiger partial charge on any atom is 0.205 e. The molecule has 1 aromatic rings. The summed E-state index contributed by atoms with van der Waals surface area (Å²) in [7, 11) is 0. The van der Waals surface area contributed by atoms with Gasteiger partial charge in [0.05, 0.1) is 11.3 Å². The third-order valence-corrected chi connectivity index (χ3v) is 6.18. The highest BCUT2D eigenvalue weighted by Crippen LogP contribution is 2.42. The van der Waals surface area contributed by atoms with E-state index in [9.17, 15) is 9.00 Å². The van der Waals surface area contributed by atoms with Crippen molar-refractivity contribution in [1.29, 1.82) is 0 Å². The van der Waals surface area contributed by atoms with Crippen LogP contribution in [0.5, 0.6) is 0 Å². The van der Waals surface area contributed by atoms with Gasteiger partial charge in [-0.2, -0.15) is 0 Å². The number of hydrogen-bond donors (Lipinski definition) is 0. The molecule has 1 aliphatic carbocycles. The Bertz CT molecular complexity index is 736. The number of allylic oxidation sites excluding steroid dienone is 2. The second kappa shape index (κ2) is 8.05. The van der Waals surface area contributed by atoms with Gasteiger partial charge in [-0.1, -0.05) is 24.6 Å². The summed E-state index contributed by atoms with van der Waals surface area (Å²) in [5.74, 6) is 1.49. The monoisotopic (exact) mass is 376 g/mol. The summed E-state index contributed by atoms with van der Waals surface area (Å²) in [5, 5.41) is 0. The van der Waals surface area contributed by atoms with Crippen LogP contribution in [0.4, 0.5) is 0 Å². The third-order valence-electron chi connectivity index (χ3n) is 5.33. The van der Waals surface area contributed by atoms with Crippen molar-refractivity contribution in [2.24, 2.45) is 11.8 Å². The van der Waals surface area contributed by atoms with Gasteiger partial charge in [0.1, 0.15) is 5.76 Å². The minimum absolute atomic E-state index is 0.0966. The van der Waals surface area contributed by atoms with Crippen molar-refractivity contribution in [2.45, 2.75) is 47.0 Å². The summed E-state index contributed by atoms with van der Waals surface area (Å²) < 4.78 is 23.3. The van der Waals surface area contributed by atoms with Gasteiger partial charge in [-0.25, -0.2) is 4.21 Å². The Kier molecular flexibility index (Phi) is 5.98. The zero-order valence-corrected chi connectivity index (χ0v) is 16.9. The maximum absolute atomic E-state index is 13.3. The Hall–Kier alpha value is -1.46. The molecular formula is C21H28O4S. The number of benzene rings is 1. The number of rotatable bonds is 6. The van der Waals surface area contributed by atoms with Gasteiger partial charge in [-0.05, 0) is 56.2 Å². The van der Waals surface area contributed by atoms with Crippen LogP contribution < -0.4 is 0 Å². The van der Waals surface area contributed by atoms with Crippen molar-refractivity contribution in [2.75, 3.05) is 19.0 Å². The predicted octanol–water partition coefficient (Wildman–Crippen LogP) is 4.04. The second-order valence-electron chi connectivity index (χ2n) is 7.48. The normalized spacial score (nSPS) is 24.4. The molecule has 0 radical (unpaired) electrons. The molecule has 3 atom stereocenters. The highest BCUT2D eigenvalue weighted by Gasteiger charge is 2.38. The first-order valence-electron chi connectivity index (χ1n) is 9.40.